The van der Waals surface area contributed by atoms with Gasteiger partial charge in [-0.3, -0.25) is 4.79 Å². The molecular formula is C15H15FN2O3. The molecule has 0 aliphatic rings. The standard InChI is InChI=1S/C15H15FN2O3/c1-20-10-4-5-11(16)13(8-10)18-15(19)9-3-6-14(21-2)12(17)7-9/h3-8H,17H2,1-2H3,(H,18,19). The minimum Gasteiger partial charge on any atom is -0.497 e. The number of carbonyl (C=O) groups excluding carboxylic acids is 1. The van der Waals surface area contributed by atoms with Crippen LogP contribution in [0.1, 0.15) is 10.4 Å². The number of carbonyl (C=O) groups is 1. The van der Waals surface area contributed by atoms with E-state index in [-0.39, 0.29) is 5.69 Å². The molecular weight excluding hydrogens is 275 g/mol. The molecule has 21 heavy (non-hydrogen) atoms. The average molecular weight is 290 g/mol. The maximum Gasteiger partial charge on any atom is 0.255 e. The number of amides is 1. The Balaban J connectivity index is 2.23. The molecule has 0 saturated carbocycles. The molecule has 110 valence electrons. The fraction of sp³-hybridized carbons (Fsp3) is 0.133. The number of methoxy groups -OCH3 is 2. The molecule has 3 N–H and O–H groups in total. The van der Waals surface area contributed by atoms with E-state index in [4.69, 9.17) is 15.2 Å². The number of rotatable bonds is 4. The second-order valence-corrected chi connectivity index (χ2v) is 4.26. The van der Waals surface area contributed by atoms with Crippen molar-refractivity contribution >= 4 is 17.3 Å². The highest BCUT2D eigenvalue weighted by Gasteiger charge is 2.12. The maximum atomic E-state index is 13.7. The van der Waals surface area contributed by atoms with Crippen molar-refractivity contribution in [3.05, 3.63) is 47.8 Å². The summed E-state index contributed by atoms with van der Waals surface area (Å²) < 4.78 is 23.7. The molecule has 6 heteroatoms. The van der Waals surface area contributed by atoms with Crippen molar-refractivity contribution < 1.29 is 18.7 Å². The Kier molecular flexibility index (Phi) is 4.27. The zero-order valence-electron chi connectivity index (χ0n) is 11.6. The fourth-order valence-electron chi connectivity index (χ4n) is 1.80. The van der Waals surface area contributed by atoms with Gasteiger partial charge in [-0.15, -0.1) is 0 Å². The predicted octanol–water partition coefficient (Wildman–Crippen LogP) is 2.68. The maximum absolute atomic E-state index is 13.7. The van der Waals surface area contributed by atoms with Crippen molar-refractivity contribution in [2.45, 2.75) is 0 Å². The third-order valence-electron chi connectivity index (χ3n) is 2.91. The first-order valence-electron chi connectivity index (χ1n) is 6.13. The van der Waals surface area contributed by atoms with Crippen LogP contribution in [-0.4, -0.2) is 20.1 Å². The lowest BCUT2D eigenvalue weighted by atomic mass is 10.1. The van der Waals surface area contributed by atoms with Gasteiger partial charge in [-0.25, -0.2) is 4.39 Å². The highest BCUT2D eigenvalue weighted by atomic mass is 19.1. The predicted molar refractivity (Wildman–Crippen MR) is 78.3 cm³/mol. The normalized spacial score (nSPS) is 10.0. The van der Waals surface area contributed by atoms with E-state index in [2.05, 4.69) is 5.32 Å². The van der Waals surface area contributed by atoms with Crippen molar-refractivity contribution in [3.63, 3.8) is 0 Å². The Morgan fingerprint density at radius 1 is 1.14 bits per heavy atom. The van der Waals surface area contributed by atoms with Gasteiger partial charge in [-0.1, -0.05) is 0 Å². The van der Waals surface area contributed by atoms with Gasteiger partial charge in [0.1, 0.15) is 17.3 Å². The molecule has 2 rings (SSSR count). The van der Waals surface area contributed by atoms with Gasteiger partial charge in [0.05, 0.1) is 25.6 Å². The van der Waals surface area contributed by atoms with Gasteiger partial charge in [0, 0.05) is 11.6 Å². The Hall–Kier alpha value is -2.76. The zero-order chi connectivity index (χ0) is 15.4. The summed E-state index contributed by atoms with van der Waals surface area (Å²) >= 11 is 0. The van der Waals surface area contributed by atoms with Crippen LogP contribution in [-0.2, 0) is 0 Å². The van der Waals surface area contributed by atoms with Gasteiger partial charge in [0.15, 0.2) is 0 Å². The number of anilines is 2. The molecule has 0 heterocycles. The van der Waals surface area contributed by atoms with Gasteiger partial charge in [0.25, 0.3) is 5.91 Å². The molecule has 5 nitrogen and oxygen atoms in total. The van der Waals surface area contributed by atoms with Crippen LogP contribution in [0.5, 0.6) is 11.5 Å². The molecule has 0 aromatic heterocycles. The molecule has 0 fully saturated rings. The summed E-state index contributed by atoms with van der Waals surface area (Å²) in [5, 5.41) is 2.48. The summed E-state index contributed by atoms with van der Waals surface area (Å²) in [6.45, 7) is 0. The number of ether oxygens (including phenoxy) is 2. The number of hydrogen-bond acceptors (Lipinski definition) is 4. The van der Waals surface area contributed by atoms with Gasteiger partial charge < -0.3 is 20.5 Å². The third kappa shape index (κ3) is 3.22. The highest BCUT2D eigenvalue weighted by molar-refractivity contribution is 6.05. The van der Waals surface area contributed by atoms with Crippen molar-refractivity contribution in [1.82, 2.24) is 0 Å². The molecule has 0 spiro atoms. The molecule has 0 unspecified atom stereocenters. The van der Waals surface area contributed by atoms with Crippen LogP contribution in [0.25, 0.3) is 0 Å². The van der Waals surface area contributed by atoms with Crippen molar-refractivity contribution in [3.8, 4) is 11.5 Å². The van der Waals surface area contributed by atoms with Crippen molar-refractivity contribution in [1.29, 1.82) is 0 Å². The number of nitrogens with two attached hydrogens (primary N) is 1. The number of benzene rings is 2. The minimum absolute atomic E-state index is 0.0359. The number of nitrogens with one attached hydrogen (secondary N) is 1. The van der Waals surface area contributed by atoms with E-state index >= 15 is 0 Å². The second kappa shape index (κ2) is 6.13. The lowest BCUT2D eigenvalue weighted by molar-refractivity contribution is 0.102. The van der Waals surface area contributed by atoms with Crippen LogP contribution in [0.4, 0.5) is 15.8 Å². The highest BCUT2D eigenvalue weighted by Crippen LogP contribution is 2.24. The van der Waals surface area contributed by atoms with Gasteiger partial charge in [-0.05, 0) is 30.3 Å². The van der Waals surface area contributed by atoms with Gasteiger partial charge >= 0.3 is 0 Å². The summed E-state index contributed by atoms with van der Waals surface area (Å²) in [5.41, 5.74) is 6.41. The Morgan fingerprint density at radius 3 is 2.52 bits per heavy atom. The van der Waals surface area contributed by atoms with Crippen LogP contribution < -0.4 is 20.5 Å². The molecule has 0 radical (unpaired) electrons. The van der Waals surface area contributed by atoms with Crippen LogP contribution in [0, 0.1) is 5.82 Å². The second-order valence-electron chi connectivity index (χ2n) is 4.26. The smallest absolute Gasteiger partial charge is 0.255 e. The van der Waals surface area contributed by atoms with Crippen molar-refractivity contribution in [2.24, 2.45) is 0 Å². The number of nitrogen functional groups attached to an aromatic ring is 1. The van der Waals surface area contributed by atoms with E-state index < -0.39 is 11.7 Å². The average Bonchev–Trinajstić information content (AvgIpc) is 2.49. The minimum atomic E-state index is -0.550. The first kappa shape index (κ1) is 14.6. The van der Waals surface area contributed by atoms with Crippen LogP contribution in [0.2, 0.25) is 0 Å². The third-order valence-corrected chi connectivity index (χ3v) is 2.91. The quantitative estimate of drug-likeness (QED) is 0.849. The van der Waals surface area contributed by atoms with E-state index in [1.54, 1.807) is 12.1 Å². The topological polar surface area (TPSA) is 73.6 Å². The van der Waals surface area contributed by atoms with E-state index in [1.807, 2.05) is 0 Å². The lowest BCUT2D eigenvalue weighted by Crippen LogP contribution is -2.13. The van der Waals surface area contributed by atoms with E-state index in [9.17, 15) is 9.18 Å². The molecule has 0 bridgehead atoms. The van der Waals surface area contributed by atoms with Gasteiger partial charge in [0.2, 0.25) is 0 Å². The summed E-state index contributed by atoms with van der Waals surface area (Å²) in [6.07, 6.45) is 0. The SMILES string of the molecule is COc1ccc(F)c(NC(=O)c2ccc(OC)c(N)c2)c1. The van der Waals surface area contributed by atoms with E-state index in [0.717, 1.165) is 0 Å². The van der Waals surface area contributed by atoms with Crippen LogP contribution in [0.3, 0.4) is 0 Å². The van der Waals surface area contributed by atoms with E-state index in [1.165, 1.54) is 38.5 Å². The Labute approximate surface area is 121 Å². The first-order valence-corrected chi connectivity index (χ1v) is 6.13. The summed E-state index contributed by atoms with van der Waals surface area (Å²) in [5.74, 6) is -0.109. The molecule has 0 aliphatic carbocycles. The molecule has 2 aromatic rings. The number of halogens is 1. The molecule has 0 saturated heterocycles. The fourth-order valence-corrected chi connectivity index (χ4v) is 1.80. The van der Waals surface area contributed by atoms with Crippen LogP contribution in [0.15, 0.2) is 36.4 Å². The Morgan fingerprint density at radius 2 is 1.90 bits per heavy atom. The molecule has 0 atom stereocenters. The largest absolute Gasteiger partial charge is 0.497 e. The van der Waals surface area contributed by atoms with Crippen molar-refractivity contribution in [2.75, 3.05) is 25.3 Å². The Bertz CT molecular complexity index is 674. The summed E-state index contributed by atoms with van der Waals surface area (Å²) in [4.78, 5) is 12.1. The first-order chi connectivity index (χ1) is 10.0. The zero-order valence-corrected chi connectivity index (χ0v) is 11.6. The number of hydrogen-bond donors (Lipinski definition) is 2. The van der Waals surface area contributed by atoms with E-state index in [0.29, 0.717) is 22.7 Å². The lowest BCUT2D eigenvalue weighted by Gasteiger charge is -2.10. The van der Waals surface area contributed by atoms with Gasteiger partial charge in [-0.2, -0.15) is 0 Å². The van der Waals surface area contributed by atoms with Crippen LogP contribution >= 0.6 is 0 Å². The molecule has 2 aromatic carbocycles. The molecule has 0 aliphatic heterocycles. The summed E-state index contributed by atoms with van der Waals surface area (Å²) in [6, 6.07) is 8.67. The molecule has 1 amide bonds. The summed E-state index contributed by atoms with van der Waals surface area (Å²) in [7, 11) is 2.94. The monoisotopic (exact) mass is 290 g/mol.